The van der Waals surface area contributed by atoms with Gasteiger partial charge in [0.05, 0.1) is 11.1 Å². The highest BCUT2D eigenvalue weighted by Gasteiger charge is 2.29. The van der Waals surface area contributed by atoms with Crippen LogP contribution in [-0.4, -0.2) is 39.0 Å². The maximum Gasteiger partial charge on any atom is 0.259 e. The van der Waals surface area contributed by atoms with Gasteiger partial charge in [-0.1, -0.05) is 19.0 Å². The van der Waals surface area contributed by atoms with Crippen molar-refractivity contribution in [2.45, 2.75) is 45.4 Å². The van der Waals surface area contributed by atoms with E-state index in [1.54, 1.807) is 18.5 Å². The molecule has 1 fully saturated rings. The lowest BCUT2D eigenvalue weighted by molar-refractivity contribution is 0.0709. The largest absolute Gasteiger partial charge is 0.360 e. The molecule has 0 spiro atoms. The molecule has 0 atom stereocenters. The molecule has 1 N–H and O–H groups in total. The number of likely N-dealkylation sites (tertiary alicyclic amines) is 1. The smallest absolute Gasteiger partial charge is 0.259 e. The summed E-state index contributed by atoms with van der Waals surface area (Å²) in [7, 11) is 0. The van der Waals surface area contributed by atoms with Gasteiger partial charge in [0.2, 0.25) is 0 Å². The lowest BCUT2D eigenvalue weighted by Crippen LogP contribution is -2.38. The van der Waals surface area contributed by atoms with Crippen LogP contribution in [0.4, 0.5) is 0 Å². The fourth-order valence-corrected chi connectivity index (χ4v) is 3.99. The molecule has 3 aromatic heterocycles. The minimum absolute atomic E-state index is 0.00426. The first kappa shape index (κ1) is 18.4. The molecule has 3 aromatic rings. The number of piperidine rings is 1. The standard InChI is InChI=1S/C21H24N4O3/c1-3-16-19(18(4-2)28-24-16)21(27)25-9-6-13(7-10-25)17-11-14-12-22-8-5-15(14)20(26)23-17/h5,8,11-13H,3-4,6-7,9-10H2,1-2H3,(H,23,26). The van der Waals surface area contributed by atoms with Crippen LogP contribution >= 0.6 is 0 Å². The fourth-order valence-electron chi connectivity index (χ4n) is 3.99. The topological polar surface area (TPSA) is 92.1 Å². The van der Waals surface area contributed by atoms with E-state index >= 15 is 0 Å². The molecule has 1 aliphatic heterocycles. The summed E-state index contributed by atoms with van der Waals surface area (Å²) >= 11 is 0. The molecule has 7 nitrogen and oxygen atoms in total. The molecule has 0 aromatic carbocycles. The van der Waals surface area contributed by atoms with Crippen LogP contribution in [0.15, 0.2) is 33.8 Å². The van der Waals surface area contributed by atoms with Crippen molar-refractivity contribution < 1.29 is 9.32 Å². The van der Waals surface area contributed by atoms with Crippen LogP contribution < -0.4 is 5.56 Å². The van der Waals surface area contributed by atoms with Crippen molar-refractivity contribution in [2.24, 2.45) is 0 Å². The summed E-state index contributed by atoms with van der Waals surface area (Å²) in [5.74, 6) is 0.889. The first-order chi connectivity index (χ1) is 13.6. The predicted octanol–water partition coefficient (Wildman–Crippen LogP) is 3.06. The number of hydrogen-bond acceptors (Lipinski definition) is 5. The Labute approximate surface area is 162 Å². The molecule has 0 saturated carbocycles. The molecule has 4 rings (SSSR count). The first-order valence-corrected chi connectivity index (χ1v) is 9.86. The van der Waals surface area contributed by atoms with Crippen molar-refractivity contribution in [2.75, 3.05) is 13.1 Å². The van der Waals surface area contributed by atoms with Gasteiger partial charge in [-0.05, 0) is 31.4 Å². The maximum absolute atomic E-state index is 13.1. The average molecular weight is 380 g/mol. The SMILES string of the molecule is CCc1noc(CC)c1C(=O)N1CCC(c2cc3cnccc3c(=O)[nH]2)CC1. The van der Waals surface area contributed by atoms with E-state index in [-0.39, 0.29) is 17.4 Å². The molecular formula is C21H24N4O3. The number of aromatic amines is 1. The van der Waals surface area contributed by atoms with Gasteiger partial charge in [0.1, 0.15) is 11.3 Å². The van der Waals surface area contributed by atoms with Crippen LogP contribution in [0.25, 0.3) is 10.8 Å². The number of amides is 1. The Bertz CT molecular complexity index is 1040. The van der Waals surface area contributed by atoms with Gasteiger partial charge in [-0.2, -0.15) is 0 Å². The van der Waals surface area contributed by atoms with Crippen molar-refractivity contribution in [1.82, 2.24) is 20.0 Å². The molecule has 0 aliphatic carbocycles. The summed E-state index contributed by atoms with van der Waals surface area (Å²) in [5.41, 5.74) is 2.20. The molecular weight excluding hydrogens is 356 g/mol. The van der Waals surface area contributed by atoms with E-state index in [1.807, 2.05) is 24.8 Å². The zero-order valence-corrected chi connectivity index (χ0v) is 16.2. The average Bonchev–Trinajstić information content (AvgIpc) is 3.16. The molecule has 28 heavy (non-hydrogen) atoms. The van der Waals surface area contributed by atoms with E-state index in [0.717, 1.165) is 29.6 Å². The Hall–Kier alpha value is -2.96. The van der Waals surface area contributed by atoms with Crippen molar-refractivity contribution in [3.63, 3.8) is 0 Å². The van der Waals surface area contributed by atoms with Gasteiger partial charge in [0.25, 0.3) is 11.5 Å². The Morgan fingerprint density at radius 2 is 2.07 bits per heavy atom. The fraction of sp³-hybridized carbons (Fsp3) is 0.429. The monoisotopic (exact) mass is 380 g/mol. The number of nitrogens with one attached hydrogen (secondary N) is 1. The van der Waals surface area contributed by atoms with Crippen LogP contribution in [-0.2, 0) is 12.8 Å². The molecule has 4 heterocycles. The normalized spacial score (nSPS) is 15.3. The molecule has 146 valence electrons. The van der Waals surface area contributed by atoms with E-state index < -0.39 is 0 Å². The number of carbonyl (C=O) groups excluding carboxylic acids is 1. The van der Waals surface area contributed by atoms with Crippen LogP contribution in [0, 0.1) is 0 Å². The number of aryl methyl sites for hydroxylation is 2. The highest BCUT2D eigenvalue weighted by Crippen LogP contribution is 2.29. The second-order valence-corrected chi connectivity index (χ2v) is 7.22. The highest BCUT2D eigenvalue weighted by molar-refractivity contribution is 5.96. The van der Waals surface area contributed by atoms with Crippen LogP contribution in [0.1, 0.15) is 60.1 Å². The predicted molar refractivity (Wildman–Crippen MR) is 106 cm³/mol. The number of aromatic nitrogens is 3. The summed E-state index contributed by atoms with van der Waals surface area (Å²) in [6.07, 6.45) is 6.28. The third kappa shape index (κ3) is 3.21. The lowest BCUT2D eigenvalue weighted by Gasteiger charge is -2.32. The summed E-state index contributed by atoms with van der Waals surface area (Å²) in [6.45, 7) is 5.24. The van der Waals surface area contributed by atoms with Crippen LogP contribution in [0.3, 0.4) is 0 Å². The van der Waals surface area contributed by atoms with E-state index in [0.29, 0.717) is 42.6 Å². The van der Waals surface area contributed by atoms with Crippen LogP contribution in [0.5, 0.6) is 0 Å². The number of hydrogen-bond donors (Lipinski definition) is 1. The van der Waals surface area contributed by atoms with Crippen molar-refractivity contribution >= 4 is 16.7 Å². The summed E-state index contributed by atoms with van der Waals surface area (Å²) in [5, 5.41) is 5.56. The molecule has 0 bridgehead atoms. The summed E-state index contributed by atoms with van der Waals surface area (Å²) in [4.78, 5) is 34.4. The van der Waals surface area contributed by atoms with Gasteiger partial charge in [0, 0.05) is 48.9 Å². The van der Waals surface area contributed by atoms with Gasteiger partial charge in [0.15, 0.2) is 0 Å². The third-order valence-electron chi connectivity index (χ3n) is 5.59. The highest BCUT2D eigenvalue weighted by atomic mass is 16.5. The third-order valence-corrected chi connectivity index (χ3v) is 5.59. The number of rotatable bonds is 4. The zero-order valence-electron chi connectivity index (χ0n) is 16.2. The number of fused-ring (bicyclic) bond motifs is 1. The second kappa shape index (κ2) is 7.58. The quantitative estimate of drug-likeness (QED) is 0.751. The lowest BCUT2D eigenvalue weighted by atomic mass is 9.92. The zero-order chi connectivity index (χ0) is 19.7. The van der Waals surface area contributed by atoms with Gasteiger partial charge < -0.3 is 14.4 Å². The van der Waals surface area contributed by atoms with Gasteiger partial charge in [-0.3, -0.25) is 14.6 Å². The van der Waals surface area contributed by atoms with Crippen molar-refractivity contribution in [3.8, 4) is 0 Å². The molecule has 7 heteroatoms. The number of carbonyl (C=O) groups is 1. The summed E-state index contributed by atoms with van der Waals surface area (Å²) in [6, 6.07) is 3.74. The van der Waals surface area contributed by atoms with E-state index in [2.05, 4.69) is 15.1 Å². The Morgan fingerprint density at radius 1 is 1.29 bits per heavy atom. The molecule has 1 amide bonds. The van der Waals surface area contributed by atoms with E-state index in [9.17, 15) is 9.59 Å². The van der Waals surface area contributed by atoms with Crippen molar-refractivity contribution in [1.29, 1.82) is 0 Å². The summed E-state index contributed by atoms with van der Waals surface area (Å²) < 4.78 is 5.35. The number of H-pyrrole nitrogens is 1. The van der Waals surface area contributed by atoms with Gasteiger partial charge >= 0.3 is 0 Å². The number of pyridine rings is 2. The number of nitrogens with zero attached hydrogens (tertiary/aromatic N) is 3. The molecule has 1 aliphatic rings. The first-order valence-electron chi connectivity index (χ1n) is 9.86. The second-order valence-electron chi connectivity index (χ2n) is 7.22. The van der Waals surface area contributed by atoms with Crippen LogP contribution in [0.2, 0.25) is 0 Å². The Balaban J connectivity index is 1.52. The minimum atomic E-state index is -0.0851. The molecule has 0 unspecified atom stereocenters. The minimum Gasteiger partial charge on any atom is -0.360 e. The van der Waals surface area contributed by atoms with Gasteiger partial charge in [-0.25, -0.2) is 0 Å². The van der Waals surface area contributed by atoms with E-state index in [4.69, 9.17) is 4.52 Å². The molecule has 1 saturated heterocycles. The Morgan fingerprint density at radius 3 is 2.79 bits per heavy atom. The van der Waals surface area contributed by atoms with Gasteiger partial charge in [-0.15, -0.1) is 0 Å². The molecule has 0 radical (unpaired) electrons. The van der Waals surface area contributed by atoms with E-state index in [1.165, 1.54) is 0 Å². The Kier molecular flexibility index (Phi) is 4.98. The maximum atomic E-state index is 13.1. The van der Waals surface area contributed by atoms with Crippen molar-refractivity contribution in [3.05, 3.63) is 57.6 Å².